The fraction of sp³-hybridized carbons (Fsp3) is 0.844. The first-order chi connectivity index (χ1) is 15.8. The summed E-state index contributed by atoms with van der Waals surface area (Å²) >= 11 is 0. The van der Waals surface area contributed by atoms with Crippen molar-refractivity contribution in [2.45, 2.75) is 133 Å². The number of hydrogen-bond acceptors (Lipinski definition) is 2. The van der Waals surface area contributed by atoms with Gasteiger partial charge in [-0.1, -0.05) is 64.3 Å². The van der Waals surface area contributed by atoms with Crippen molar-refractivity contribution in [1.82, 2.24) is 0 Å². The molecule has 0 aliphatic heterocycles. The van der Waals surface area contributed by atoms with Crippen molar-refractivity contribution in [3.63, 3.8) is 0 Å². The molecular weight excluding hydrogens is 416 g/mol. The molecule has 0 aromatic rings. The maximum atomic E-state index is 11.8. The highest BCUT2D eigenvalue weighted by molar-refractivity contribution is 5.66. The predicted octanol–water partition coefficient (Wildman–Crippen LogP) is 9.05. The Labute approximate surface area is 210 Å². The van der Waals surface area contributed by atoms with Crippen LogP contribution in [0.5, 0.6) is 0 Å². The maximum absolute atomic E-state index is 11.8. The van der Waals surface area contributed by atoms with E-state index in [9.17, 15) is 4.79 Å². The highest BCUT2D eigenvalue weighted by Gasteiger charge is 2.63. The highest BCUT2D eigenvalue weighted by atomic mass is 16.5. The minimum absolute atomic E-state index is 0.0382. The molecular formula is C32H52O2. The zero-order valence-corrected chi connectivity index (χ0v) is 23.8. The van der Waals surface area contributed by atoms with Gasteiger partial charge >= 0.3 is 5.97 Å². The molecule has 0 radical (unpaired) electrons. The van der Waals surface area contributed by atoms with E-state index in [-0.39, 0.29) is 22.9 Å². The van der Waals surface area contributed by atoms with Crippen molar-refractivity contribution in [2.24, 2.45) is 39.4 Å². The first-order valence-corrected chi connectivity index (χ1v) is 14.3. The smallest absolute Gasteiger partial charge is 0.302 e. The lowest BCUT2D eigenvalue weighted by molar-refractivity contribution is -0.167. The molecule has 0 unspecified atom stereocenters. The van der Waals surface area contributed by atoms with Gasteiger partial charge in [0, 0.05) is 12.3 Å². The van der Waals surface area contributed by atoms with Crippen molar-refractivity contribution in [3.05, 3.63) is 22.8 Å². The van der Waals surface area contributed by atoms with Crippen LogP contribution in [0.1, 0.15) is 127 Å². The minimum atomic E-state index is -0.117. The van der Waals surface area contributed by atoms with Crippen LogP contribution in [0.15, 0.2) is 22.8 Å². The first kappa shape index (κ1) is 26.0. The molecule has 4 aliphatic carbocycles. The average molecular weight is 469 g/mol. The van der Waals surface area contributed by atoms with Gasteiger partial charge in [-0.25, -0.2) is 0 Å². The van der Waals surface area contributed by atoms with Gasteiger partial charge < -0.3 is 4.74 Å². The summed E-state index contributed by atoms with van der Waals surface area (Å²) in [4.78, 5) is 11.8. The number of fused-ring (bicyclic) bond motifs is 4. The van der Waals surface area contributed by atoms with Crippen molar-refractivity contribution in [2.75, 3.05) is 0 Å². The van der Waals surface area contributed by atoms with Crippen LogP contribution in [0, 0.1) is 39.4 Å². The van der Waals surface area contributed by atoms with Crippen molar-refractivity contribution in [3.8, 4) is 0 Å². The van der Waals surface area contributed by atoms with Crippen LogP contribution >= 0.6 is 0 Å². The SMILES string of the molecule is CC(=O)O[C@H]1CC[C@]2(C)C3=C(CC[C@@H]2C1(C)C)[C@@]1(C)CC[C@@H]([C@@H](C)CCC=C(C)C)[C@]1(C)CC3. The van der Waals surface area contributed by atoms with Crippen LogP contribution in [0.4, 0.5) is 0 Å². The largest absolute Gasteiger partial charge is 0.462 e. The fourth-order valence-corrected chi connectivity index (χ4v) is 9.86. The quantitative estimate of drug-likeness (QED) is 0.297. The summed E-state index contributed by atoms with van der Waals surface area (Å²) in [6, 6.07) is 0. The highest BCUT2D eigenvalue weighted by Crippen LogP contribution is 2.72. The molecule has 2 fully saturated rings. The average Bonchev–Trinajstić information content (AvgIpc) is 3.01. The third-order valence-corrected chi connectivity index (χ3v) is 11.9. The number of carbonyl (C=O) groups excluding carboxylic acids is 1. The molecule has 0 aromatic carbocycles. The van der Waals surface area contributed by atoms with Gasteiger partial charge in [-0.15, -0.1) is 0 Å². The molecule has 0 aromatic heterocycles. The Kier molecular flexibility index (Phi) is 6.74. The molecule has 0 spiro atoms. The van der Waals surface area contributed by atoms with Gasteiger partial charge in [0.15, 0.2) is 0 Å². The Morgan fingerprint density at radius 1 is 0.971 bits per heavy atom. The van der Waals surface area contributed by atoms with E-state index in [1.54, 1.807) is 6.92 Å². The van der Waals surface area contributed by atoms with Crippen LogP contribution in [0.3, 0.4) is 0 Å². The Morgan fingerprint density at radius 2 is 1.68 bits per heavy atom. The zero-order valence-electron chi connectivity index (χ0n) is 23.8. The summed E-state index contributed by atoms with van der Waals surface area (Å²) in [7, 11) is 0. The summed E-state index contributed by atoms with van der Waals surface area (Å²) in [5.41, 5.74) is 6.25. The second-order valence-electron chi connectivity index (χ2n) is 14.2. The molecule has 192 valence electrons. The molecule has 2 nitrogen and oxygen atoms in total. The van der Waals surface area contributed by atoms with Crippen LogP contribution in [-0.2, 0) is 9.53 Å². The molecule has 4 aliphatic rings. The third-order valence-electron chi connectivity index (χ3n) is 11.9. The van der Waals surface area contributed by atoms with Crippen molar-refractivity contribution >= 4 is 5.97 Å². The second kappa shape index (κ2) is 8.81. The van der Waals surface area contributed by atoms with E-state index in [4.69, 9.17) is 4.74 Å². The topological polar surface area (TPSA) is 26.3 Å². The molecule has 7 atom stereocenters. The Bertz CT molecular complexity index is 873. The van der Waals surface area contributed by atoms with Crippen LogP contribution in [0.25, 0.3) is 0 Å². The number of carbonyl (C=O) groups is 1. The molecule has 2 heteroatoms. The Morgan fingerprint density at radius 3 is 2.32 bits per heavy atom. The van der Waals surface area contributed by atoms with Gasteiger partial charge in [-0.05, 0) is 112 Å². The summed E-state index contributed by atoms with van der Waals surface area (Å²) < 4.78 is 5.87. The number of hydrogen-bond donors (Lipinski definition) is 0. The van der Waals surface area contributed by atoms with Crippen LogP contribution < -0.4 is 0 Å². The Hall–Kier alpha value is -1.05. The third kappa shape index (κ3) is 3.85. The second-order valence-corrected chi connectivity index (χ2v) is 14.2. The van der Waals surface area contributed by atoms with Gasteiger partial charge in [0.05, 0.1) is 0 Å². The molecule has 0 saturated heterocycles. The molecule has 0 bridgehead atoms. The number of allylic oxidation sites excluding steroid dienone is 4. The molecule has 4 rings (SSSR count). The van der Waals surface area contributed by atoms with Gasteiger partial charge in [0.25, 0.3) is 0 Å². The molecule has 2 saturated carbocycles. The molecule has 34 heavy (non-hydrogen) atoms. The van der Waals surface area contributed by atoms with Crippen LogP contribution in [-0.4, -0.2) is 12.1 Å². The van der Waals surface area contributed by atoms with E-state index >= 15 is 0 Å². The van der Waals surface area contributed by atoms with E-state index in [2.05, 4.69) is 61.5 Å². The van der Waals surface area contributed by atoms with Crippen molar-refractivity contribution in [1.29, 1.82) is 0 Å². The maximum Gasteiger partial charge on any atom is 0.302 e. The summed E-state index contributed by atoms with van der Waals surface area (Å²) in [5, 5.41) is 0. The van der Waals surface area contributed by atoms with E-state index < -0.39 is 0 Å². The molecule has 0 heterocycles. The minimum Gasteiger partial charge on any atom is -0.462 e. The van der Waals surface area contributed by atoms with Gasteiger partial charge in [0.2, 0.25) is 0 Å². The predicted molar refractivity (Wildman–Crippen MR) is 142 cm³/mol. The van der Waals surface area contributed by atoms with E-state index in [1.165, 1.54) is 63.4 Å². The van der Waals surface area contributed by atoms with Gasteiger partial charge in [-0.2, -0.15) is 0 Å². The fourth-order valence-electron chi connectivity index (χ4n) is 9.86. The lowest BCUT2D eigenvalue weighted by Gasteiger charge is -2.62. The summed E-state index contributed by atoms with van der Waals surface area (Å²) in [6.07, 6.45) is 15.2. The summed E-state index contributed by atoms with van der Waals surface area (Å²) in [6.45, 7) is 21.2. The molecule has 0 amide bonds. The Balaban J connectivity index is 1.63. The zero-order chi connectivity index (χ0) is 25.1. The summed E-state index contributed by atoms with van der Waals surface area (Å²) in [5.74, 6) is 2.13. The van der Waals surface area contributed by atoms with Crippen LogP contribution in [0.2, 0.25) is 0 Å². The van der Waals surface area contributed by atoms with E-state index in [1.807, 2.05) is 11.1 Å². The first-order valence-electron chi connectivity index (χ1n) is 14.3. The monoisotopic (exact) mass is 468 g/mol. The van der Waals surface area contributed by atoms with Crippen molar-refractivity contribution < 1.29 is 9.53 Å². The lowest BCUT2D eigenvalue weighted by atomic mass is 9.43. The number of esters is 1. The number of ether oxygens (including phenoxy) is 1. The van der Waals surface area contributed by atoms with E-state index in [0.717, 1.165) is 18.3 Å². The standard InChI is InChI=1S/C32H52O2/c1-21(2)11-10-12-22(3)24-15-19-32(9)26-13-14-27-29(5,6)28(34-23(4)33)17-18-30(27,7)25(26)16-20-31(24,32)8/h11,22,24,27-28H,10,12-20H2,1-9H3/t22-,24-,27+,28-,30+,31-,32+/m0/s1. The number of rotatable bonds is 5. The molecule has 0 N–H and O–H groups in total. The normalized spacial score (nSPS) is 41.7. The van der Waals surface area contributed by atoms with E-state index in [0.29, 0.717) is 16.7 Å². The lowest BCUT2D eigenvalue weighted by Crippen LogP contribution is -2.55. The van der Waals surface area contributed by atoms with Gasteiger partial charge in [-0.3, -0.25) is 4.79 Å². The van der Waals surface area contributed by atoms with Gasteiger partial charge in [0.1, 0.15) is 6.10 Å².